The molecule has 104 valence electrons. The van der Waals surface area contributed by atoms with Crippen molar-refractivity contribution in [2.75, 3.05) is 5.32 Å². The largest absolute Gasteiger partial charge is 0.328 e. The quantitative estimate of drug-likeness (QED) is 0.874. The lowest BCUT2D eigenvalue weighted by atomic mass is 10.1. The number of nitrogens with two attached hydrogens (primary N) is 1. The zero-order valence-electron chi connectivity index (χ0n) is 11.5. The van der Waals surface area contributed by atoms with Crippen LogP contribution in [0.3, 0.4) is 0 Å². The molecule has 0 saturated heterocycles. The molecular weight excluding hydrogens is 252 g/mol. The van der Waals surface area contributed by atoms with Gasteiger partial charge in [0.1, 0.15) is 0 Å². The van der Waals surface area contributed by atoms with Gasteiger partial charge in [-0.1, -0.05) is 6.07 Å². The van der Waals surface area contributed by atoms with E-state index in [1.54, 1.807) is 0 Å². The summed E-state index contributed by atoms with van der Waals surface area (Å²) in [5, 5.41) is 12.1. The molecule has 1 heterocycles. The fraction of sp³-hybridized carbons (Fsp3) is 0.400. The molecule has 1 aromatic carbocycles. The van der Waals surface area contributed by atoms with Crippen molar-refractivity contribution in [1.82, 2.24) is 10.2 Å². The highest BCUT2D eigenvalue weighted by atomic mass is 16.1. The summed E-state index contributed by atoms with van der Waals surface area (Å²) in [6, 6.07) is 7.77. The van der Waals surface area contributed by atoms with Crippen LogP contribution in [0.15, 0.2) is 24.3 Å². The van der Waals surface area contributed by atoms with Gasteiger partial charge in [0.05, 0.1) is 16.9 Å². The Morgan fingerprint density at radius 1 is 1.35 bits per heavy atom. The number of benzene rings is 1. The monoisotopic (exact) mass is 270 g/mol. The maximum atomic E-state index is 12.3. The molecular formula is C15H18N4O. The Bertz CT molecular complexity index is 655. The minimum Gasteiger partial charge on any atom is -0.328 e. The molecule has 0 spiro atoms. The third-order valence-electron chi connectivity index (χ3n) is 3.85. The smallest absolute Gasteiger partial charge is 0.227 e. The minimum absolute atomic E-state index is 0.0242. The van der Waals surface area contributed by atoms with Crippen LogP contribution in [0.25, 0.3) is 10.9 Å². The molecule has 1 amide bonds. The maximum Gasteiger partial charge on any atom is 0.227 e. The molecule has 1 aromatic heterocycles. The van der Waals surface area contributed by atoms with Crippen molar-refractivity contribution >= 4 is 22.5 Å². The van der Waals surface area contributed by atoms with Crippen LogP contribution in [0.2, 0.25) is 0 Å². The molecule has 0 aliphatic heterocycles. The predicted octanol–water partition coefficient (Wildman–Crippen LogP) is 2.00. The first-order valence-electron chi connectivity index (χ1n) is 6.93. The topological polar surface area (TPSA) is 80.9 Å². The number of nitrogens with zero attached hydrogens (tertiary/aromatic N) is 2. The zero-order chi connectivity index (χ0) is 14.1. The molecule has 1 aliphatic rings. The Morgan fingerprint density at radius 3 is 2.95 bits per heavy atom. The van der Waals surface area contributed by atoms with E-state index in [0.717, 1.165) is 41.5 Å². The van der Waals surface area contributed by atoms with Crippen molar-refractivity contribution in [3.8, 4) is 0 Å². The van der Waals surface area contributed by atoms with Crippen LogP contribution in [0.1, 0.15) is 25.0 Å². The van der Waals surface area contributed by atoms with E-state index in [-0.39, 0.29) is 17.9 Å². The van der Waals surface area contributed by atoms with E-state index in [2.05, 4.69) is 15.5 Å². The Balaban J connectivity index is 1.87. The summed E-state index contributed by atoms with van der Waals surface area (Å²) in [5.74, 6) is 0.0797. The molecule has 0 unspecified atom stereocenters. The Kier molecular flexibility index (Phi) is 3.36. The lowest BCUT2D eigenvalue weighted by Gasteiger charge is -2.12. The SMILES string of the molecule is Cc1cc2c(NC(=O)[C@H]3CC[C@@H](N)C3)cccc2nn1. The number of carbonyl (C=O) groups excluding carboxylic acids is 1. The van der Waals surface area contributed by atoms with Gasteiger partial charge in [-0.2, -0.15) is 10.2 Å². The van der Waals surface area contributed by atoms with Crippen LogP contribution in [0.4, 0.5) is 5.69 Å². The number of anilines is 1. The van der Waals surface area contributed by atoms with Crippen molar-refractivity contribution in [1.29, 1.82) is 0 Å². The van der Waals surface area contributed by atoms with Gasteiger partial charge in [0.25, 0.3) is 0 Å². The van der Waals surface area contributed by atoms with Crippen molar-refractivity contribution in [3.63, 3.8) is 0 Å². The van der Waals surface area contributed by atoms with Gasteiger partial charge in [-0.25, -0.2) is 0 Å². The minimum atomic E-state index is 0.0242. The molecule has 1 saturated carbocycles. The van der Waals surface area contributed by atoms with E-state index in [0.29, 0.717) is 0 Å². The molecule has 0 radical (unpaired) electrons. The number of aryl methyl sites for hydroxylation is 1. The lowest BCUT2D eigenvalue weighted by Crippen LogP contribution is -2.23. The van der Waals surface area contributed by atoms with Gasteiger partial charge in [-0.15, -0.1) is 0 Å². The van der Waals surface area contributed by atoms with Crippen molar-refractivity contribution in [2.45, 2.75) is 32.2 Å². The molecule has 2 atom stereocenters. The fourth-order valence-corrected chi connectivity index (χ4v) is 2.76. The van der Waals surface area contributed by atoms with E-state index in [1.165, 1.54) is 0 Å². The summed E-state index contributed by atoms with van der Waals surface area (Å²) in [7, 11) is 0. The Morgan fingerprint density at radius 2 is 2.20 bits per heavy atom. The van der Waals surface area contributed by atoms with Crippen LogP contribution >= 0.6 is 0 Å². The van der Waals surface area contributed by atoms with Gasteiger partial charge in [-0.05, 0) is 44.4 Å². The van der Waals surface area contributed by atoms with E-state index < -0.39 is 0 Å². The number of carbonyl (C=O) groups is 1. The number of rotatable bonds is 2. The number of hydrogen-bond acceptors (Lipinski definition) is 4. The molecule has 2 aromatic rings. The van der Waals surface area contributed by atoms with E-state index >= 15 is 0 Å². The number of fused-ring (bicyclic) bond motifs is 1. The molecule has 3 rings (SSSR count). The first-order valence-corrected chi connectivity index (χ1v) is 6.93. The third kappa shape index (κ3) is 2.49. The van der Waals surface area contributed by atoms with Gasteiger partial charge < -0.3 is 11.1 Å². The average molecular weight is 270 g/mol. The van der Waals surface area contributed by atoms with Crippen LogP contribution in [-0.2, 0) is 4.79 Å². The van der Waals surface area contributed by atoms with Crippen molar-refractivity contribution in [2.24, 2.45) is 11.7 Å². The van der Waals surface area contributed by atoms with Gasteiger partial charge >= 0.3 is 0 Å². The summed E-state index contributed by atoms with van der Waals surface area (Å²) in [6.07, 6.45) is 2.57. The van der Waals surface area contributed by atoms with Crippen molar-refractivity contribution in [3.05, 3.63) is 30.0 Å². The summed E-state index contributed by atoms with van der Waals surface area (Å²) in [4.78, 5) is 12.3. The average Bonchev–Trinajstić information content (AvgIpc) is 2.86. The number of hydrogen-bond donors (Lipinski definition) is 2. The van der Waals surface area contributed by atoms with Crippen molar-refractivity contribution < 1.29 is 4.79 Å². The lowest BCUT2D eigenvalue weighted by molar-refractivity contribution is -0.119. The summed E-state index contributed by atoms with van der Waals surface area (Å²) in [6.45, 7) is 1.89. The fourth-order valence-electron chi connectivity index (χ4n) is 2.76. The van der Waals surface area contributed by atoms with E-state index in [9.17, 15) is 4.79 Å². The maximum absolute atomic E-state index is 12.3. The standard InChI is InChI=1S/C15H18N4O/c1-9-7-12-13(3-2-4-14(12)19-18-9)17-15(20)10-5-6-11(16)8-10/h2-4,7,10-11H,5-6,8,16H2,1H3,(H,17,20)/t10-,11+/m0/s1. The first kappa shape index (κ1) is 13.0. The molecule has 5 nitrogen and oxygen atoms in total. The highest BCUT2D eigenvalue weighted by Crippen LogP contribution is 2.27. The second-order valence-electron chi connectivity index (χ2n) is 5.48. The van der Waals surface area contributed by atoms with Crippen LogP contribution < -0.4 is 11.1 Å². The van der Waals surface area contributed by atoms with Gasteiger partial charge in [0.15, 0.2) is 0 Å². The second-order valence-corrected chi connectivity index (χ2v) is 5.48. The normalized spacial score (nSPS) is 22.1. The van der Waals surface area contributed by atoms with Crippen LogP contribution in [-0.4, -0.2) is 22.1 Å². The number of nitrogens with one attached hydrogen (secondary N) is 1. The summed E-state index contributed by atoms with van der Waals surface area (Å²) < 4.78 is 0. The summed E-state index contributed by atoms with van der Waals surface area (Å²) >= 11 is 0. The van der Waals surface area contributed by atoms with Gasteiger partial charge in [0.2, 0.25) is 5.91 Å². The van der Waals surface area contributed by atoms with Gasteiger partial charge in [-0.3, -0.25) is 4.79 Å². The second kappa shape index (κ2) is 5.17. The predicted molar refractivity (Wildman–Crippen MR) is 78.2 cm³/mol. The van der Waals surface area contributed by atoms with E-state index in [1.807, 2.05) is 31.2 Å². The Labute approximate surface area is 117 Å². The van der Waals surface area contributed by atoms with E-state index in [4.69, 9.17) is 5.73 Å². The number of amides is 1. The number of aromatic nitrogens is 2. The van der Waals surface area contributed by atoms with Crippen LogP contribution in [0.5, 0.6) is 0 Å². The zero-order valence-corrected chi connectivity index (χ0v) is 11.5. The highest BCUT2D eigenvalue weighted by molar-refractivity contribution is 6.01. The molecule has 3 N–H and O–H groups in total. The molecule has 1 fully saturated rings. The van der Waals surface area contributed by atoms with Crippen LogP contribution in [0, 0.1) is 12.8 Å². The molecule has 5 heteroatoms. The molecule has 20 heavy (non-hydrogen) atoms. The first-order chi connectivity index (χ1) is 9.63. The van der Waals surface area contributed by atoms with Gasteiger partial charge in [0, 0.05) is 17.3 Å². The molecule has 0 bridgehead atoms. The third-order valence-corrected chi connectivity index (χ3v) is 3.85. The summed E-state index contributed by atoms with van der Waals surface area (Å²) in [5.41, 5.74) is 8.29. The molecule has 1 aliphatic carbocycles. The Hall–Kier alpha value is -2.01. The highest BCUT2D eigenvalue weighted by Gasteiger charge is 2.27.